The second kappa shape index (κ2) is 7.49. The van der Waals surface area contributed by atoms with Gasteiger partial charge in [0.1, 0.15) is 11.4 Å². The number of hydrogen-bond acceptors (Lipinski definition) is 3. The SMILES string of the molecule is CC(C)(C)OC(=O)N[C@]1(C)CC[C@H](CNC(=O)c2ccccc2F)C1(C)C. The van der Waals surface area contributed by atoms with Gasteiger partial charge in [0.25, 0.3) is 5.91 Å². The molecule has 1 aromatic rings. The largest absolute Gasteiger partial charge is 0.444 e. The lowest BCUT2D eigenvalue weighted by atomic mass is 9.71. The summed E-state index contributed by atoms with van der Waals surface area (Å²) in [4.78, 5) is 24.5. The van der Waals surface area contributed by atoms with E-state index in [1.54, 1.807) is 12.1 Å². The quantitative estimate of drug-likeness (QED) is 0.822. The van der Waals surface area contributed by atoms with Crippen molar-refractivity contribution in [1.82, 2.24) is 10.6 Å². The van der Waals surface area contributed by atoms with Gasteiger partial charge in [-0.25, -0.2) is 9.18 Å². The highest BCUT2D eigenvalue weighted by molar-refractivity contribution is 5.94. The summed E-state index contributed by atoms with van der Waals surface area (Å²) in [5, 5.41) is 5.87. The smallest absolute Gasteiger partial charge is 0.408 e. The summed E-state index contributed by atoms with van der Waals surface area (Å²) >= 11 is 0. The average Bonchev–Trinajstić information content (AvgIpc) is 2.73. The van der Waals surface area contributed by atoms with Crippen LogP contribution in [0.5, 0.6) is 0 Å². The summed E-state index contributed by atoms with van der Waals surface area (Å²) in [5.74, 6) is -0.803. The van der Waals surface area contributed by atoms with E-state index in [1.807, 2.05) is 27.7 Å². The molecular weight excluding hydrogens is 347 g/mol. The Kier molecular flexibility index (Phi) is 5.88. The first-order valence-electron chi connectivity index (χ1n) is 9.40. The zero-order valence-corrected chi connectivity index (χ0v) is 17.1. The van der Waals surface area contributed by atoms with Crippen LogP contribution in [0, 0.1) is 17.2 Å². The fraction of sp³-hybridized carbons (Fsp3) is 0.619. The first kappa shape index (κ1) is 21.2. The van der Waals surface area contributed by atoms with Crippen LogP contribution in [0.25, 0.3) is 0 Å². The van der Waals surface area contributed by atoms with Crippen LogP contribution in [-0.2, 0) is 4.74 Å². The van der Waals surface area contributed by atoms with Gasteiger partial charge in [-0.2, -0.15) is 0 Å². The van der Waals surface area contributed by atoms with Crippen LogP contribution in [0.1, 0.15) is 64.7 Å². The fourth-order valence-electron chi connectivity index (χ4n) is 3.66. The van der Waals surface area contributed by atoms with E-state index in [0.717, 1.165) is 12.8 Å². The molecular formula is C21H31FN2O3. The molecule has 2 amide bonds. The molecule has 5 nitrogen and oxygen atoms in total. The molecule has 0 radical (unpaired) electrons. The van der Waals surface area contributed by atoms with Crippen LogP contribution in [-0.4, -0.2) is 29.7 Å². The van der Waals surface area contributed by atoms with Crippen LogP contribution in [0.2, 0.25) is 0 Å². The molecule has 2 atom stereocenters. The first-order chi connectivity index (χ1) is 12.4. The Bertz CT molecular complexity index is 712. The number of hydrogen-bond donors (Lipinski definition) is 2. The topological polar surface area (TPSA) is 67.4 Å². The minimum absolute atomic E-state index is 0.0444. The van der Waals surface area contributed by atoms with Gasteiger partial charge in [0.15, 0.2) is 0 Å². The molecule has 2 N–H and O–H groups in total. The molecule has 150 valence electrons. The van der Waals surface area contributed by atoms with Crippen molar-refractivity contribution in [3.8, 4) is 0 Å². The van der Waals surface area contributed by atoms with Crippen LogP contribution >= 0.6 is 0 Å². The molecule has 1 fully saturated rings. The number of halogens is 1. The number of nitrogens with one attached hydrogen (secondary N) is 2. The van der Waals surface area contributed by atoms with Gasteiger partial charge in [-0.15, -0.1) is 0 Å². The van der Waals surface area contributed by atoms with Gasteiger partial charge < -0.3 is 15.4 Å². The van der Waals surface area contributed by atoms with E-state index in [1.165, 1.54) is 12.1 Å². The highest BCUT2D eigenvalue weighted by Gasteiger charge is 2.52. The Morgan fingerprint density at radius 2 is 1.85 bits per heavy atom. The summed E-state index contributed by atoms with van der Waals surface area (Å²) < 4.78 is 19.2. The highest BCUT2D eigenvalue weighted by atomic mass is 19.1. The molecule has 0 saturated heterocycles. The number of amides is 2. The molecule has 1 aliphatic rings. The van der Waals surface area contributed by atoms with Gasteiger partial charge in [0.05, 0.1) is 5.56 Å². The van der Waals surface area contributed by atoms with Crippen LogP contribution in [0.3, 0.4) is 0 Å². The number of alkyl carbamates (subject to hydrolysis) is 1. The molecule has 0 spiro atoms. The first-order valence-corrected chi connectivity index (χ1v) is 9.40. The number of carbonyl (C=O) groups is 2. The Hall–Kier alpha value is -2.11. The van der Waals surface area contributed by atoms with Crippen molar-refractivity contribution < 1.29 is 18.7 Å². The third-order valence-electron chi connectivity index (χ3n) is 5.84. The maximum absolute atomic E-state index is 13.8. The molecule has 0 aromatic heterocycles. The van der Waals surface area contributed by atoms with Gasteiger partial charge in [-0.05, 0) is 64.0 Å². The monoisotopic (exact) mass is 378 g/mol. The van der Waals surface area contributed by atoms with Crippen molar-refractivity contribution in [3.63, 3.8) is 0 Å². The summed E-state index contributed by atoms with van der Waals surface area (Å²) in [6.45, 7) is 12.1. The second-order valence-electron chi connectivity index (χ2n) is 9.11. The van der Waals surface area contributed by atoms with Crippen molar-refractivity contribution in [2.24, 2.45) is 11.3 Å². The van der Waals surface area contributed by atoms with E-state index in [4.69, 9.17) is 4.74 Å². The highest BCUT2D eigenvalue weighted by Crippen LogP contribution is 2.49. The van der Waals surface area contributed by atoms with Gasteiger partial charge >= 0.3 is 6.09 Å². The predicted molar refractivity (Wildman–Crippen MR) is 103 cm³/mol. The number of carbonyl (C=O) groups excluding carboxylic acids is 2. The molecule has 1 aromatic carbocycles. The minimum Gasteiger partial charge on any atom is -0.444 e. The van der Waals surface area contributed by atoms with E-state index >= 15 is 0 Å². The predicted octanol–water partition coefficient (Wildman–Crippen LogP) is 4.28. The lowest BCUT2D eigenvalue weighted by molar-refractivity contribution is 0.0348. The fourth-order valence-corrected chi connectivity index (χ4v) is 3.66. The lowest BCUT2D eigenvalue weighted by Crippen LogP contribution is -2.56. The lowest BCUT2D eigenvalue weighted by Gasteiger charge is -2.42. The van der Waals surface area contributed by atoms with Crippen LogP contribution < -0.4 is 10.6 Å². The van der Waals surface area contributed by atoms with Gasteiger partial charge in [-0.1, -0.05) is 26.0 Å². The summed E-state index contributed by atoms with van der Waals surface area (Å²) in [7, 11) is 0. The van der Waals surface area contributed by atoms with Crippen molar-refractivity contribution in [1.29, 1.82) is 0 Å². The molecule has 0 heterocycles. The van der Waals surface area contributed by atoms with Crippen molar-refractivity contribution in [2.45, 2.75) is 65.5 Å². The number of rotatable bonds is 4. The standard InChI is InChI=1S/C21H31FN2O3/c1-19(2,3)27-18(26)24-21(6)12-11-14(20(21,4)5)13-23-17(25)15-9-7-8-10-16(15)22/h7-10,14H,11-13H2,1-6H3,(H,23,25)(H,24,26)/t14-,21-/m1/s1. The number of ether oxygens (including phenoxy) is 1. The average molecular weight is 378 g/mol. The van der Waals surface area contributed by atoms with E-state index < -0.39 is 29.0 Å². The normalized spacial score (nSPS) is 24.3. The third kappa shape index (κ3) is 4.79. The van der Waals surface area contributed by atoms with Crippen molar-refractivity contribution in [3.05, 3.63) is 35.6 Å². The third-order valence-corrected chi connectivity index (χ3v) is 5.84. The van der Waals surface area contributed by atoms with E-state index in [2.05, 4.69) is 24.5 Å². The molecule has 2 rings (SSSR count). The maximum atomic E-state index is 13.8. The van der Waals surface area contributed by atoms with Crippen molar-refractivity contribution in [2.75, 3.05) is 6.54 Å². The van der Waals surface area contributed by atoms with Gasteiger partial charge in [0.2, 0.25) is 0 Å². The Labute approximate surface area is 161 Å². The Balaban J connectivity index is 2.01. The summed E-state index contributed by atoms with van der Waals surface area (Å²) in [6, 6.07) is 5.94. The molecule has 0 unspecified atom stereocenters. The van der Waals surface area contributed by atoms with E-state index in [0.29, 0.717) is 6.54 Å². The molecule has 0 bridgehead atoms. The molecule has 1 saturated carbocycles. The van der Waals surface area contributed by atoms with Crippen molar-refractivity contribution >= 4 is 12.0 Å². The Morgan fingerprint density at radius 3 is 2.44 bits per heavy atom. The zero-order chi connectivity index (χ0) is 20.5. The molecule has 0 aliphatic heterocycles. The summed E-state index contributed by atoms with van der Waals surface area (Å²) in [5.41, 5.74) is -1.24. The number of benzene rings is 1. The molecule has 1 aliphatic carbocycles. The van der Waals surface area contributed by atoms with Crippen LogP contribution in [0.15, 0.2) is 24.3 Å². The van der Waals surface area contributed by atoms with Gasteiger partial charge in [-0.3, -0.25) is 4.79 Å². The second-order valence-corrected chi connectivity index (χ2v) is 9.11. The molecule has 27 heavy (non-hydrogen) atoms. The van der Waals surface area contributed by atoms with E-state index in [9.17, 15) is 14.0 Å². The Morgan fingerprint density at radius 1 is 1.22 bits per heavy atom. The van der Waals surface area contributed by atoms with Gasteiger partial charge in [0, 0.05) is 12.1 Å². The molecule has 6 heteroatoms. The zero-order valence-electron chi connectivity index (χ0n) is 17.1. The van der Waals surface area contributed by atoms with E-state index in [-0.39, 0.29) is 16.9 Å². The minimum atomic E-state index is -0.559. The summed E-state index contributed by atoms with van der Waals surface area (Å²) in [6.07, 6.45) is 1.19. The maximum Gasteiger partial charge on any atom is 0.408 e. The van der Waals surface area contributed by atoms with Crippen LogP contribution in [0.4, 0.5) is 9.18 Å².